The molecule has 0 fully saturated rings. The van der Waals surface area contributed by atoms with Gasteiger partial charge >= 0.3 is 16.3 Å². The molecule has 1 amide bonds. The van der Waals surface area contributed by atoms with Crippen LogP contribution < -0.4 is 5.73 Å². The van der Waals surface area contributed by atoms with Crippen LogP contribution in [0.25, 0.3) is 0 Å². The van der Waals surface area contributed by atoms with Crippen LogP contribution in [0.5, 0.6) is 0 Å². The standard InChI is InChI=1S/C17H37N2O.C4H10O4S/c1-4-5-6-7-8-9-10-11-12-14-17(20)19(2,3)16-13-15-18;1-3-7-9(5,6)8-4-2/h4-16,18H2,1-3H3;3-4H2,1-2H3/q+1;. The van der Waals surface area contributed by atoms with E-state index < -0.39 is 10.4 Å². The van der Waals surface area contributed by atoms with Crippen molar-refractivity contribution < 1.29 is 26.1 Å². The number of carbonyl (C=O) groups is 1. The Labute approximate surface area is 180 Å². The molecule has 0 aromatic heterocycles. The van der Waals surface area contributed by atoms with E-state index in [-0.39, 0.29) is 13.2 Å². The van der Waals surface area contributed by atoms with E-state index in [1.165, 1.54) is 51.4 Å². The first-order valence-electron chi connectivity index (χ1n) is 11.3. The number of amides is 1. The van der Waals surface area contributed by atoms with Crippen LogP contribution in [0.1, 0.15) is 91.4 Å². The van der Waals surface area contributed by atoms with Gasteiger partial charge < -0.3 is 5.73 Å². The van der Waals surface area contributed by atoms with Gasteiger partial charge in [0.05, 0.1) is 40.3 Å². The van der Waals surface area contributed by atoms with Crippen LogP contribution in [0.3, 0.4) is 0 Å². The lowest BCUT2D eigenvalue weighted by atomic mass is 10.1. The van der Waals surface area contributed by atoms with E-state index in [0.717, 1.165) is 25.8 Å². The van der Waals surface area contributed by atoms with Crippen molar-refractivity contribution in [2.75, 3.05) is 40.4 Å². The fourth-order valence-corrected chi connectivity index (χ4v) is 3.47. The summed E-state index contributed by atoms with van der Waals surface area (Å²) in [6, 6.07) is 0. The number of quaternary nitrogens is 1. The minimum absolute atomic E-state index is 0.113. The van der Waals surface area contributed by atoms with Crippen molar-refractivity contribution in [3.05, 3.63) is 0 Å². The number of rotatable bonds is 17. The average molecular weight is 440 g/mol. The molecule has 29 heavy (non-hydrogen) atoms. The van der Waals surface area contributed by atoms with Crippen LogP contribution in [-0.2, 0) is 23.6 Å². The molecule has 0 saturated heterocycles. The maximum atomic E-state index is 12.1. The summed E-state index contributed by atoms with van der Waals surface area (Å²) >= 11 is 0. The molecule has 0 rings (SSSR count). The second-order valence-electron chi connectivity index (χ2n) is 7.74. The maximum absolute atomic E-state index is 12.1. The molecule has 0 aromatic rings. The Hall–Kier alpha value is -0.540. The number of unbranched alkanes of at least 4 members (excludes halogenated alkanes) is 8. The number of hydrogen-bond acceptors (Lipinski definition) is 6. The van der Waals surface area contributed by atoms with Crippen LogP contribution >= 0.6 is 0 Å². The summed E-state index contributed by atoms with van der Waals surface area (Å²) in [6.07, 6.45) is 13.4. The topological polar surface area (TPSA) is 95.7 Å². The summed E-state index contributed by atoms with van der Waals surface area (Å²) in [4.78, 5) is 12.1. The SMILES string of the molecule is CCCCCCCCCCCC(=O)[N+](C)(C)CCCN.CCOS(=O)(=O)OCC. The molecular formula is C21H47N2O5S+. The summed E-state index contributed by atoms with van der Waals surface area (Å²) in [6.45, 7) is 7.18. The molecular weight excluding hydrogens is 392 g/mol. The van der Waals surface area contributed by atoms with Crippen molar-refractivity contribution in [3.63, 3.8) is 0 Å². The van der Waals surface area contributed by atoms with Gasteiger partial charge in [-0.05, 0) is 26.8 Å². The highest BCUT2D eigenvalue weighted by molar-refractivity contribution is 7.81. The molecule has 0 aliphatic heterocycles. The van der Waals surface area contributed by atoms with E-state index >= 15 is 0 Å². The molecule has 0 atom stereocenters. The van der Waals surface area contributed by atoms with Gasteiger partial charge in [-0.3, -0.25) is 4.48 Å². The van der Waals surface area contributed by atoms with Crippen molar-refractivity contribution in [2.24, 2.45) is 5.73 Å². The quantitative estimate of drug-likeness (QED) is 0.270. The molecule has 7 nitrogen and oxygen atoms in total. The predicted molar refractivity (Wildman–Crippen MR) is 120 cm³/mol. The average Bonchev–Trinajstić information content (AvgIpc) is 2.65. The molecule has 0 spiro atoms. The highest BCUT2D eigenvalue weighted by Crippen LogP contribution is 2.12. The van der Waals surface area contributed by atoms with Crippen LogP contribution in [0.4, 0.5) is 0 Å². The Morgan fingerprint density at radius 2 is 1.24 bits per heavy atom. The molecule has 0 radical (unpaired) electrons. The van der Waals surface area contributed by atoms with Gasteiger partial charge in [0.2, 0.25) is 0 Å². The first-order chi connectivity index (χ1) is 13.7. The summed E-state index contributed by atoms with van der Waals surface area (Å²) in [5.41, 5.74) is 5.51. The van der Waals surface area contributed by atoms with Crippen molar-refractivity contribution in [3.8, 4) is 0 Å². The number of nitrogens with zero attached hydrogens (tertiary/aromatic N) is 1. The predicted octanol–water partition coefficient (Wildman–Crippen LogP) is 4.16. The monoisotopic (exact) mass is 439 g/mol. The Balaban J connectivity index is 0. The first-order valence-corrected chi connectivity index (χ1v) is 12.6. The fraction of sp³-hybridized carbons (Fsp3) is 0.952. The normalized spacial score (nSPS) is 11.8. The molecule has 8 heteroatoms. The minimum atomic E-state index is -3.68. The third-order valence-corrected chi connectivity index (χ3v) is 5.66. The van der Waals surface area contributed by atoms with Gasteiger partial charge in [-0.15, -0.1) is 0 Å². The number of carbonyl (C=O) groups excluding carboxylic acids is 1. The van der Waals surface area contributed by atoms with Crippen molar-refractivity contribution >= 4 is 16.3 Å². The van der Waals surface area contributed by atoms with Gasteiger partial charge in [0.15, 0.2) is 0 Å². The number of nitrogens with two attached hydrogens (primary N) is 1. The lowest BCUT2D eigenvalue weighted by molar-refractivity contribution is -0.814. The van der Waals surface area contributed by atoms with Crippen molar-refractivity contribution in [1.82, 2.24) is 0 Å². The molecule has 0 aromatic carbocycles. The summed E-state index contributed by atoms with van der Waals surface area (Å²) < 4.78 is 29.7. The third-order valence-electron chi connectivity index (χ3n) is 4.61. The summed E-state index contributed by atoms with van der Waals surface area (Å²) in [7, 11) is 0.330. The lowest BCUT2D eigenvalue weighted by Crippen LogP contribution is -2.46. The van der Waals surface area contributed by atoms with Crippen LogP contribution in [0.2, 0.25) is 0 Å². The fourth-order valence-electron chi connectivity index (χ4n) is 2.82. The minimum Gasteiger partial charge on any atom is -0.330 e. The highest BCUT2D eigenvalue weighted by atomic mass is 32.3. The highest BCUT2D eigenvalue weighted by Gasteiger charge is 2.24. The molecule has 0 unspecified atom stereocenters. The van der Waals surface area contributed by atoms with Gasteiger partial charge in [-0.2, -0.15) is 8.42 Å². The van der Waals surface area contributed by atoms with E-state index in [1.807, 2.05) is 14.1 Å². The van der Waals surface area contributed by atoms with E-state index in [1.54, 1.807) is 13.8 Å². The van der Waals surface area contributed by atoms with Crippen LogP contribution in [-0.4, -0.2) is 59.2 Å². The molecule has 0 aliphatic rings. The molecule has 0 heterocycles. The second-order valence-corrected chi connectivity index (χ2v) is 9.03. The second kappa shape index (κ2) is 19.4. The van der Waals surface area contributed by atoms with Crippen molar-refractivity contribution in [1.29, 1.82) is 0 Å². The maximum Gasteiger partial charge on any atom is 0.399 e. The van der Waals surface area contributed by atoms with E-state index in [0.29, 0.717) is 16.9 Å². The Kier molecular flexibility index (Phi) is 20.5. The summed E-state index contributed by atoms with van der Waals surface area (Å²) in [5, 5.41) is 0. The molecule has 176 valence electrons. The van der Waals surface area contributed by atoms with Crippen LogP contribution in [0, 0.1) is 0 Å². The van der Waals surface area contributed by atoms with E-state index in [9.17, 15) is 13.2 Å². The summed E-state index contributed by atoms with van der Waals surface area (Å²) in [5.74, 6) is 0.362. The van der Waals surface area contributed by atoms with Gasteiger partial charge in [0, 0.05) is 6.42 Å². The van der Waals surface area contributed by atoms with Gasteiger partial charge in [0.25, 0.3) is 0 Å². The zero-order chi connectivity index (χ0) is 22.6. The van der Waals surface area contributed by atoms with Gasteiger partial charge in [0.1, 0.15) is 0 Å². The third kappa shape index (κ3) is 20.5. The molecule has 0 saturated carbocycles. The smallest absolute Gasteiger partial charge is 0.330 e. The number of hydrogen-bond donors (Lipinski definition) is 1. The molecule has 0 bridgehead atoms. The largest absolute Gasteiger partial charge is 0.399 e. The Morgan fingerprint density at radius 3 is 1.66 bits per heavy atom. The van der Waals surface area contributed by atoms with Crippen molar-refractivity contribution in [2.45, 2.75) is 91.4 Å². The first kappa shape index (κ1) is 30.7. The molecule has 2 N–H and O–H groups in total. The zero-order valence-electron chi connectivity index (χ0n) is 19.6. The molecule has 0 aliphatic carbocycles. The lowest BCUT2D eigenvalue weighted by Gasteiger charge is -2.26. The van der Waals surface area contributed by atoms with E-state index in [4.69, 9.17) is 5.73 Å². The van der Waals surface area contributed by atoms with Gasteiger partial charge in [-0.25, -0.2) is 13.2 Å². The zero-order valence-corrected chi connectivity index (χ0v) is 20.4. The van der Waals surface area contributed by atoms with E-state index in [2.05, 4.69) is 15.3 Å². The Bertz CT molecular complexity index is 469. The Morgan fingerprint density at radius 1 is 0.793 bits per heavy atom. The van der Waals surface area contributed by atoms with Crippen LogP contribution in [0.15, 0.2) is 0 Å². The van der Waals surface area contributed by atoms with Gasteiger partial charge in [-0.1, -0.05) is 58.3 Å².